The molecule has 0 bridgehead atoms. The van der Waals surface area contributed by atoms with Crippen LogP contribution in [-0.4, -0.2) is 20.8 Å². The first kappa shape index (κ1) is 17.9. The molecule has 1 atom stereocenters. The molecule has 5 heteroatoms. The molecule has 1 unspecified atom stereocenters. The Morgan fingerprint density at radius 1 is 1.12 bits per heavy atom. The summed E-state index contributed by atoms with van der Waals surface area (Å²) >= 11 is 0. The molecule has 2 N–H and O–H groups in total. The summed E-state index contributed by atoms with van der Waals surface area (Å²) in [7, 11) is 1.85. The largest absolute Gasteiger partial charge is 0.389 e. The molecule has 3 aromatic rings. The van der Waals surface area contributed by atoms with Crippen LogP contribution in [0.25, 0.3) is 0 Å². The molecular weight excluding hydrogens is 326 g/mol. The van der Waals surface area contributed by atoms with E-state index in [1.807, 2.05) is 61.6 Å². The fraction of sp³-hybridized carbons (Fsp3) is 0.238. The highest BCUT2D eigenvalue weighted by Gasteiger charge is 2.16. The number of hydrogen-bond acceptors (Lipinski definition) is 3. The van der Waals surface area contributed by atoms with Gasteiger partial charge in [-0.25, -0.2) is 0 Å². The molecule has 0 fully saturated rings. The lowest BCUT2D eigenvalue weighted by atomic mass is 10.1. The van der Waals surface area contributed by atoms with Crippen LogP contribution in [0.5, 0.6) is 0 Å². The molecule has 26 heavy (non-hydrogen) atoms. The highest BCUT2D eigenvalue weighted by Crippen LogP contribution is 2.15. The van der Waals surface area contributed by atoms with Crippen molar-refractivity contribution in [3.63, 3.8) is 0 Å². The summed E-state index contributed by atoms with van der Waals surface area (Å²) in [5.41, 5.74) is 4.46. The van der Waals surface area contributed by atoms with Crippen molar-refractivity contribution in [3.8, 4) is 0 Å². The lowest BCUT2D eigenvalue weighted by Gasteiger charge is -2.09. The Morgan fingerprint density at radius 3 is 2.46 bits per heavy atom. The summed E-state index contributed by atoms with van der Waals surface area (Å²) in [5.74, 6) is -0.136. The Labute approximate surface area is 153 Å². The third-order valence-corrected chi connectivity index (χ3v) is 4.44. The molecule has 0 aliphatic rings. The number of carbonyl (C=O) groups is 1. The third-order valence-electron chi connectivity index (χ3n) is 4.44. The van der Waals surface area contributed by atoms with Crippen molar-refractivity contribution >= 4 is 5.91 Å². The van der Waals surface area contributed by atoms with E-state index in [9.17, 15) is 9.90 Å². The van der Waals surface area contributed by atoms with Gasteiger partial charge < -0.3 is 10.4 Å². The fourth-order valence-electron chi connectivity index (χ4n) is 2.84. The number of aliphatic hydroxyl groups excluding tert-OH is 1. The minimum Gasteiger partial charge on any atom is -0.389 e. The van der Waals surface area contributed by atoms with Crippen molar-refractivity contribution in [3.05, 3.63) is 88.7 Å². The molecule has 0 aliphatic carbocycles. The van der Waals surface area contributed by atoms with Gasteiger partial charge in [0.1, 0.15) is 0 Å². The van der Waals surface area contributed by atoms with Gasteiger partial charge in [-0.05, 0) is 23.6 Å². The molecule has 0 saturated heterocycles. The van der Waals surface area contributed by atoms with E-state index in [0.29, 0.717) is 18.5 Å². The van der Waals surface area contributed by atoms with Crippen LogP contribution >= 0.6 is 0 Å². The van der Waals surface area contributed by atoms with Crippen molar-refractivity contribution in [2.75, 3.05) is 0 Å². The van der Waals surface area contributed by atoms with E-state index in [0.717, 1.165) is 22.4 Å². The van der Waals surface area contributed by atoms with E-state index in [4.69, 9.17) is 0 Å². The molecule has 1 amide bonds. The topological polar surface area (TPSA) is 67.2 Å². The van der Waals surface area contributed by atoms with Crippen molar-refractivity contribution in [2.24, 2.45) is 7.05 Å². The summed E-state index contributed by atoms with van der Waals surface area (Å²) in [6.45, 7) is 2.16. The van der Waals surface area contributed by atoms with Crippen LogP contribution in [0.2, 0.25) is 0 Å². The van der Waals surface area contributed by atoms with Crippen LogP contribution in [0.4, 0.5) is 0 Å². The van der Waals surface area contributed by atoms with E-state index < -0.39 is 6.10 Å². The van der Waals surface area contributed by atoms with Gasteiger partial charge >= 0.3 is 0 Å². The highest BCUT2D eigenvalue weighted by molar-refractivity contribution is 5.95. The van der Waals surface area contributed by atoms with E-state index >= 15 is 0 Å². The zero-order valence-corrected chi connectivity index (χ0v) is 15.0. The van der Waals surface area contributed by atoms with Crippen LogP contribution in [-0.2, 0) is 20.0 Å². The Morgan fingerprint density at radius 2 is 1.81 bits per heavy atom. The molecule has 1 heterocycles. The summed E-state index contributed by atoms with van der Waals surface area (Å²) in [5, 5.41) is 16.8. The Bertz CT molecular complexity index is 868. The van der Waals surface area contributed by atoms with E-state index in [1.165, 1.54) is 0 Å². The van der Waals surface area contributed by atoms with Gasteiger partial charge in [0.25, 0.3) is 5.91 Å². The molecule has 134 valence electrons. The van der Waals surface area contributed by atoms with Crippen molar-refractivity contribution in [1.29, 1.82) is 0 Å². The number of aromatic nitrogens is 2. The first-order valence-electron chi connectivity index (χ1n) is 8.64. The maximum absolute atomic E-state index is 12.6. The van der Waals surface area contributed by atoms with Gasteiger partial charge in [0.2, 0.25) is 0 Å². The van der Waals surface area contributed by atoms with Gasteiger partial charge in [-0.2, -0.15) is 5.10 Å². The smallest absolute Gasteiger partial charge is 0.255 e. The summed E-state index contributed by atoms with van der Waals surface area (Å²) in [6, 6.07) is 17.6. The van der Waals surface area contributed by atoms with Crippen LogP contribution in [0.3, 0.4) is 0 Å². The third kappa shape index (κ3) is 4.18. The molecule has 1 aromatic heterocycles. The Kier molecular flexibility index (Phi) is 5.49. The van der Waals surface area contributed by atoms with Crippen molar-refractivity contribution in [2.45, 2.75) is 26.0 Å². The van der Waals surface area contributed by atoms with Gasteiger partial charge in [-0.1, -0.05) is 54.6 Å². The van der Waals surface area contributed by atoms with Crippen molar-refractivity contribution in [1.82, 2.24) is 15.1 Å². The fourth-order valence-corrected chi connectivity index (χ4v) is 2.84. The quantitative estimate of drug-likeness (QED) is 0.719. The number of rotatable bonds is 6. The molecule has 3 rings (SSSR count). The average Bonchev–Trinajstić information content (AvgIpc) is 3.01. The number of aryl methyl sites for hydroxylation is 1. The minimum atomic E-state index is -0.491. The standard InChI is InChI=1S/C21H23N3O2/c1-15(25)18-10-8-17(9-11-18)13-22-21(26)19-14-23-24(2)20(19)12-16-6-4-3-5-7-16/h3-11,14-15,25H,12-13H2,1-2H3,(H,22,26). The normalized spacial score (nSPS) is 12.0. The monoisotopic (exact) mass is 349 g/mol. The number of aliphatic hydroxyl groups is 1. The zero-order chi connectivity index (χ0) is 18.5. The number of hydrogen-bond donors (Lipinski definition) is 2. The predicted octanol–water partition coefficient (Wildman–Crippen LogP) is 2.99. The SMILES string of the molecule is CC(O)c1ccc(CNC(=O)c2cnn(C)c2Cc2ccccc2)cc1. The summed E-state index contributed by atoms with van der Waals surface area (Å²) in [4.78, 5) is 12.6. The second-order valence-electron chi connectivity index (χ2n) is 6.39. The number of nitrogens with zero attached hydrogens (tertiary/aromatic N) is 2. The summed E-state index contributed by atoms with van der Waals surface area (Å²) in [6.07, 6.45) is 1.78. The predicted molar refractivity (Wildman–Crippen MR) is 101 cm³/mol. The number of carbonyl (C=O) groups excluding carboxylic acids is 1. The lowest BCUT2D eigenvalue weighted by Crippen LogP contribution is -2.24. The molecular formula is C21H23N3O2. The Balaban J connectivity index is 1.68. The van der Waals surface area contributed by atoms with Crippen molar-refractivity contribution < 1.29 is 9.90 Å². The number of benzene rings is 2. The zero-order valence-electron chi connectivity index (χ0n) is 15.0. The Hall–Kier alpha value is -2.92. The highest BCUT2D eigenvalue weighted by atomic mass is 16.3. The summed E-state index contributed by atoms with van der Waals surface area (Å²) < 4.78 is 1.75. The van der Waals surface area contributed by atoms with Gasteiger partial charge in [-0.15, -0.1) is 0 Å². The molecule has 0 saturated carbocycles. The first-order valence-corrected chi connectivity index (χ1v) is 8.64. The first-order chi connectivity index (χ1) is 12.5. The maximum atomic E-state index is 12.6. The lowest BCUT2D eigenvalue weighted by molar-refractivity contribution is 0.0950. The molecule has 5 nitrogen and oxygen atoms in total. The minimum absolute atomic E-state index is 0.136. The molecule has 0 radical (unpaired) electrons. The molecule has 0 aliphatic heterocycles. The second kappa shape index (κ2) is 7.97. The van der Waals surface area contributed by atoms with E-state index in [2.05, 4.69) is 10.4 Å². The average molecular weight is 349 g/mol. The van der Waals surface area contributed by atoms with E-state index in [1.54, 1.807) is 17.8 Å². The van der Waals surface area contributed by atoms with Crippen LogP contribution in [0.1, 0.15) is 45.8 Å². The second-order valence-corrected chi connectivity index (χ2v) is 6.39. The van der Waals surface area contributed by atoms with E-state index in [-0.39, 0.29) is 5.91 Å². The molecule has 0 spiro atoms. The van der Waals surface area contributed by atoms with Gasteiger partial charge in [0.15, 0.2) is 0 Å². The van der Waals surface area contributed by atoms with Gasteiger partial charge in [0.05, 0.1) is 23.6 Å². The van der Waals surface area contributed by atoms with Gasteiger partial charge in [0, 0.05) is 20.0 Å². The maximum Gasteiger partial charge on any atom is 0.255 e. The van der Waals surface area contributed by atoms with Crippen LogP contribution < -0.4 is 5.32 Å². The van der Waals surface area contributed by atoms with Crippen LogP contribution in [0, 0.1) is 0 Å². The number of nitrogens with one attached hydrogen (secondary N) is 1. The number of amides is 1. The van der Waals surface area contributed by atoms with Gasteiger partial charge in [-0.3, -0.25) is 9.48 Å². The van der Waals surface area contributed by atoms with Crippen LogP contribution in [0.15, 0.2) is 60.8 Å². The molecule has 2 aromatic carbocycles.